The van der Waals surface area contributed by atoms with Crippen LogP contribution < -0.4 is 0 Å². The van der Waals surface area contributed by atoms with Crippen LogP contribution in [0.4, 0.5) is 0 Å². The van der Waals surface area contributed by atoms with Crippen LogP contribution in [0, 0.1) is 6.92 Å². The van der Waals surface area contributed by atoms with Crippen molar-refractivity contribution in [2.45, 2.75) is 27.0 Å². The van der Waals surface area contributed by atoms with E-state index in [1.807, 2.05) is 13.0 Å². The Morgan fingerprint density at radius 1 is 1.22 bits per heavy atom. The van der Waals surface area contributed by atoms with Gasteiger partial charge >= 0.3 is 0 Å². The monoisotopic (exact) mass is 240 g/mol. The van der Waals surface area contributed by atoms with Gasteiger partial charge in [-0.3, -0.25) is 4.98 Å². The van der Waals surface area contributed by atoms with Crippen molar-refractivity contribution in [3.63, 3.8) is 0 Å². The lowest BCUT2D eigenvalue weighted by Gasteiger charge is -2.06. The Bertz CT molecular complexity index is 728. The lowest BCUT2D eigenvalue weighted by molar-refractivity contribution is 0.277. The van der Waals surface area contributed by atoms with Gasteiger partial charge in [0.2, 0.25) is 0 Å². The van der Waals surface area contributed by atoms with Crippen molar-refractivity contribution >= 4 is 21.8 Å². The number of aryl methyl sites for hydroxylation is 2. The molecule has 0 bridgehead atoms. The van der Waals surface area contributed by atoms with Crippen LogP contribution in [0.3, 0.4) is 0 Å². The summed E-state index contributed by atoms with van der Waals surface area (Å²) in [5.74, 6) is 0. The predicted octanol–water partition coefficient (Wildman–Crippen LogP) is 3.01. The number of nitrogens with zero attached hydrogens (tertiary/aromatic N) is 2. The number of para-hydroxylation sites is 1. The van der Waals surface area contributed by atoms with Gasteiger partial charge in [0.25, 0.3) is 0 Å². The molecule has 0 aliphatic heterocycles. The summed E-state index contributed by atoms with van der Waals surface area (Å²) < 4.78 is 2.29. The van der Waals surface area contributed by atoms with E-state index in [1.54, 1.807) is 0 Å². The van der Waals surface area contributed by atoms with E-state index in [0.29, 0.717) is 0 Å². The Kier molecular flexibility index (Phi) is 2.56. The van der Waals surface area contributed by atoms with Gasteiger partial charge in [-0.15, -0.1) is 0 Å². The van der Waals surface area contributed by atoms with Crippen LogP contribution in [0.1, 0.15) is 18.3 Å². The molecule has 18 heavy (non-hydrogen) atoms. The van der Waals surface area contributed by atoms with E-state index < -0.39 is 0 Å². The Morgan fingerprint density at radius 3 is 2.72 bits per heavy atom. The lowest BCUT2D eigenvalue weighted by atomic mass is 10.1. The van der Waals surface area contributed by atoms with Crippen LogP contribution in [0.5, 0.6) is 0 Å². The summed E-state index contributed by atoms with van der Waals surface area (Å²) >= 11 is 0. The van der Waals surface area contributed by atoms with Gasteiger partial charge in [-0.25, -0.2) is 0 Å². The minimum Gasteiger partial charge on any atom is -0.390 e. The lowest BCUT2D eigenvalue weighted by Crippen LogP contribution is -1.98. The number of pyridine rings is 1. The molecule has 0 atom stereocenters. The van der Waals surface area contributed by atoms with Crippen molar-refractivity contribution in [1.29, 1.82) is 0 Å². The van der Waals surface area contributed by atoms with Crippen molar-refractivity contribution < 1.29 is 5.11 Å². The normalized spacial score (nSPS) is 11.5. The first-order chi connectivity index (χ1) is 8.76. The summed E-state index contributed by atoms with van der Waals surface area (Å²) in [7, 11) is 0. The van der Waals surface area contributed by atoms with Crippen molar-refractivity contribution in [2.24, 2.45) is 0 Å². The smallest absolute Gasteiger partial charge is 0.0853 e. The zero-order valence-electron chi connectivity index (χ0n) is 10.6. The second-order valence-electron chi connectivity index (χ2n) is 4.51. The molecule has 0 fully saturated rings. The van der Waals surface area contributed by atoms with Crippen molar-refractivity contribution in [2.75, 3.05) is 0 Å². The van der Waals surface area contributed by atoms with Gasteiger partial charge in [-0.2, -0.15) is 0 Å². The molecule has 0 aliphatic carbocycles. The van der Waals surface area contributed by atoms with Crippen LogP contribution in [0.25, 0.3) is 21.8 Å². The third kappa shape index (κ3) is 1.44. The van der Waals surface area contributed by atoms with Gasteiger partial charge in [-0.1, -0.05) is 18.2 Å². The van der Waals surface area contributed by atoms with Crippen molar-refractivity contribution in [3.8, 4) is 0 Å². The molecule has 0 unspecified atom stereocenters. The van der Waals surface area contributed by atoms with Crippen LogP contribution >= 0.6 is 0 Å². The number of benzene rings is 1. The summed E-state index contributed by atoms with van der Waals surface area (Å²) in [6.45, 7) is 5.06. The van der Waals surface area contributed by atoms with E-state index in [2.05, 4.69) is 40.7 Å². The number of hydrogen-bond donors (Lipinski definition) is 1. The third-order valence-electron chi connectivity index (χ3n) is 3.45. The van der Waals surface area contributed by atoms with E-state index in [0.717, 1.165) is 17.9 Å². The van der Waals surface area contributed by atoms with E-state index >= 15 is 0 Å². The fourth-order valence-corrected chi connectivity index (χ4v) is 2.74. The van der Waals surface area contributed by atoms with Crippen molar-refractivity contribution in [3.05, 3.63) is 41.7 Å². The average molecular weight is 240 g/mol. The van der Waals surface area contributed by atoms with E-state index in [-0.39, 0.29) is 6.61 Å². The molecule has 0 spiro atoms. The molecule has 3 heteroatoms. The highest BCUT2D eigenvalue weighted by Crippen LogP contribution is 2.30. The molecular weight excluding hydrogens is 224 g/mol. The maximum Gasteiger partial charge on any atom is 0.0853 e. The van der Waals surface area contributed by atoms with Gasteiger partial charge in [0.05, 0.1) is 23.5 Å². The molecule has 0 radical (unpaired) electrons. The molecule has 3 aromatic rings. The molecule has 0 amide bonds. The van der Waals surface area contributed by atoms with E-state index in [1.165, 1.54) is 21.8 Å². The van der Waals surface area contributed by atoms with E-state index in [4.69, 9.17) is 0 Å². The zero-order valence-corrected chi connectivity index (χ0v) is 10.6. The maximum absolute atomic E-state index is 9.29. The van der Waals surface area contributed by atoms with Crippen LogP contribution in [0.2, 0.25) is 0 Å². The molecule has 0 saturated carbocycles. The second kappa shape index (κ2) is 4.10. The average Bonchev–Trinajstić information content (AvgIpc) is 2.73. The molecule has 2 aromatic heterocycles. The predicted molar refractivity (Wildman–Crippen MR) is 73.6 cm³/mol. The molecule has 3 nitrogen and oxygen atoms in total. The fourth-order valence-electron chi connectivity index (χ4n) is 2.74. The second-order valence-corrected chi connectivity index (χ2v) is 4.51. The highest BCUT2D eigenvalue weighted by Gasteiger charge is 2.12. The number of aliphatic hydroxyl groups is 1. The zero-order chi connectivity index (χ0) is 12.7. The van der Waals surface area contributed by atoms with Crippen LogP contribution in [-0.2, 0) is 13.2 Å². The Balaban J connectivity index is 2.55. The number of rotatable bonds is 2. The van der Waals surface area contributed by atoms with E-state index in [9.17, 15) is 5.11 Å². The first-order valence-corrected chi connectivity index (χ1v) is 6.24. The molecular formula is C15H16N2O. The highest BCUT2D eigenvalue weighted by atomic mass is 16.3. The van der Waals surface area contributed by atoms with Gasteiger partial charge in [-0.05, 0) is 26.0 Å². The summed E-state index contributed by atoms with van der Waals surface area (Å²) in [5.41, 5.74) is 4.12. The fraction of sp³-hybridized carbons (Fsp3) is 0.267. The van der Waals surface area contributed by atoms with Gasteiger partial charge in [0, 0.05) is 22.8 Å². The first kappa shape index (κ1) is 11.2. The molecule has 3 rings (SSSR count). The van der Waals surface area contributed by atoms with Crippen LogP contribution in [-0.4, -0.2) is 14.7 Å². The SMILES string of the molecule is CCn1c2ccccc2c2cc(CO)nc(C)c21. The van der Waals surface area contributed by atoms with Crippen molar-refractivity contribution in [1.82, 2.24) is 9.55 Å². The highest BCUT2D eigenvalue weighted by molar-refractivity contribution is 6.08. The van der Waals surface area contributed by atoms with Gasteiger partial charge in [0.15, 0.2) is 0 Å². The topological polar surface area (TPSA) is 38.0 Å². The first-order valence-electron chi connectivity index (χ1n) is 6.24. The number of aromatic nitrogens is 2. The van der Waals surface area contributed by atoms with Crippen LogP contribution in [0.15, 0.2) is 30.3 Å². The quantitative estimate of drug-likeness (QED) is 0.747. The molecule has 1 N–H and O–H groups in total. The molecule has 1 aromatic carbocycles. The summed E-state index contributed by atoms with van der Waals surface area (Å²) in [4.78, 5) is 4.45. The number of fused-ring (bicyclic) bond motifs is 3. The van der Waals surface area contributed by atoms with Gasteiger partial charge in [0.1, 0.15) is 0 Å². The standard InChI is InChI=1S/C15H16N2O/c1-3-17-14-7-5-4-6-12(14)13-8-11(9-18)16-10(2)15(13)17/h4-8,18H,3,9H2,1-2H3. The summed E-state index contributed by atoms with van der Waals surface area (Å²) in [6, 6.07) is 10.4. The Labute approximate surface area is 106 Å². The maximum atomic E-state index is 9.29. The minimum atomic E-state index is -0.0115. The Morgan fingerprint density at radius 2 is 2.00 bits per heavy atom. The minimum absolute atomic E-state index is 0.0115. The third-order valence-corrected chi connectivity index (χ3v) is 3.45. The van der Waals surface area contributed by atoms with Gasteiger partial charge < -0.3 is 9.67 Å². The molecule has 0 aliphatic rings. The Hall–Kier alpha value is -1.87. The molecule has 2 heterocycles. The number of hydrogen-bond acceptors (Lipinski definition) is 2. The molecule has 0 saturated heterocycles. The number of aliphatic hydroxyl groups excluding tert-OH is 1. The molecule has 92 valence electrons. The summed E-state index contributed by atoms with van der Waals surface area (Å²) in [5, 5.41) is 11.7. The summed E-state index contributed by atoms with van der Waals surface area (Å²) in [6.07, 6.45) is 0. The largest absolute Gasteiger partial charge is 0.390 e.